The lowest BCUT2D eigenvalue weighted by Crippen LogP contribution is -2.50. The van der Waals surface area contributed by atoms with Gasteiger partial charge in [0.05, 0.1) is 4.90 Å². The Morgan fingerprint density at radius 3 is 2.60 bits per heavy atom. The van der Waals surface area contributed by atoms with E-state index in [0.717, 1.165) is 6.07 Å². The van der Waals surface area contributed by atoms with Crippen LogP contribution < -0.4 is 15.8 Å². The summed E-state index contributed by atoms with van der Waals surface area (Å²) in [5, 5.41) is 10.3. The van der Waals surface area contributed by atoms with E-state index in [-0.39, 0.29) is 33.9 Å². The Hall–Kier alpha value is -2.92. The third kappa shape index (κ3) is 3.43. The molecule has 1 spiro atoms. The average Bonchev–Trinajstić information content (AvgIpc) is 3.17. The molecule has 1 aromatic heterocycles. The van der Waals surface area contributed by atoms with E-state index in [4.69, 9.17) is 5.14 Å². The molecule has 4 N–H and O–H groups in total. The van der Waals surface area contributed by atoms with Crippen molar-refractivity contribution in [2.45, 2.75) is 36.1 Å². The summed E-state index contributed by atoms with van der Waals surface area (Å²) in [5.74, 6) is -2.84. The van der Waals surface area contributed by atoms with E-state index >= 15 is 0 Å². The minimum absolute atomic E-state index is 0.00772. The van der Waals surface area contributed by atoms with Crippen LogP contribution in [0.15, 0.2) is 35.2 Å². The van der Waals surface area contributed by atoms with Crippen LogP contribution in [0.5, 0.6) is 0 Å². The van der Waals surface area contributed by atoms with Gasteiger partial charge in [0.15, 0.2) is 0 Å². The number of amides is 3. The number of halogens is 2. The average molecular weight is 436 g/mol. The van der Waals surface area contributed by atoms with Crippen molar-refractivity contribution in [3.8, 4) is 11.1 Å². The lowest BCUT2D eigenvalue weighted by atomic mass is 9.82. The molecule has 11 heteroatoms. The third-order valence-corrected chi connectivity index (χ3v) is 6.76. The quantitative estimate of drug-likeness (QED) is 0.495. The summed E-state index contributed by atoms with van der Waals surface area (Å²) >= 11 is 0. The van der Waals surface area contributed by atoms with Gasteiger partial charge in [-0.1, -0.05) is 12.5 Å². The molecule has 2 aromatic rings. The van der Waals surface area contributed by atoms with Crippen LogP contribution in [0.25, 0.3) is 11.1 Å². The van der Waals surface area contributed by atoms with Gasteiger partial charge < -0.3 is 5.32 Å². The molecule has 2 unspecified atom stereocenters. The molecule has 158 valence electrons. The fraction of sp³-hybridized carbons (Fsp3) is 0.316. The number of nitrogens with one attached hydrogen (secondary N) is 2. The molecule has 4 rings (SSSR count). The summed E-state index contributed by atoms with van der Waals surface area (Å²) < 4.78 is 51.5. The first-order valence-electron chi connectivity index (χ1n) is 9.22. The Morgan fingerprint density at radius 1 is 1.20 bits per heavy atom. The molecule has 2 heterocycles. The van der Waals surface area contributed by atoms with Crippen molar-refractivity contribution in [3.05, 3.63) is 47.8 Å². The zero-order chi connectivity index (χ0) is 21.7. The maximum Gasteiger partial charge on any atom is 0.322 e. The molecule has 2 fully saturated rings. The van der Waals surface area contributed by atoms with Crippen molar-refractivity contribution in [1.82, 2.24) is 15.6 Å². The summed E-state index contributed by atoms with van der Waals surface area (Å²) in [7, 11) is -4.11. The van der Waals surface area contributed by atoms with Crippen LogP contribution in [0.1, 0.15) is 24.8 Å². The van der Waals surface area contributed by atoms with Gasteiger partial charge in [0, 0.05) is 5.56 Å². The molecule has 1 saturated carbocycles. The minimum atomic E-state index is -4.11. The monoisotopic (exact) mass is 436 g/mol. The highest BCUT2D eigenvalue weighted by Crippen LogP contribution is 2.41. The molecule has 0 radical (unpaired) electrons. The Bertz CT molecular complexity index is 1170. The number of hydrogen-bond donors (Lipinski definition) is 3. The van der Waals surface area contributed by atoms with Gasteiger partial charge in [0.2, 0.25) is 21.9 Å². The van der Waals surface area contributed by atoms with Gasteiger partial charge in [0.1, 0.15) is 5.54 Å². The number of benzene rings is 1. The van der Waals surface area contributed by atoms with E-state index in [0.29, 0.717) is 19.3 Å². The van der Waals surface area contributed by atoms with Crippen LogP contribution in [0, 0.1) is 17.8 Å². The van der Waals surface area contributed by atoms with Crippen LogP contribution in [-0.4, -0.2) is 30.9 Å². The molecule has 3 amide bonds. The predicted octanol–water partition coefficient (Wildman–Crippen LogP) is 1.59. The second-order valence-corrected chi connectivity index (χ2v) is 9.04. The van der Waals surface area contributed by atoms with Crippen molar-refractivity contribution in [2.24, 2.45) is 11.1 Å². The summed E-state index contributed by atoms with van der Waals surface area (Å²) in [5.41, 5.74) is -0.564. The summed E-state index contributed by atoms with van der Waals surface area (Å²) in [4.78, 5) is 27.1. The fourth-order valence-electron chi connectivity index (χ4n) is 4.40. The van der Waals surface area contributed by atoms with Crippen molar-refractivity contribution >= 4 is 22.0 Å². The highest BCUT2D eigenvalue weighted by molar-refractivity contribution is 7.89. The van der Waals surface area contributed by atoms with Crippen molar-refractivity contribution in [1.29, 1.82) is 0 Å². The minimum Gasteiger partial charge on any atom is -0.323 e. The number of rotatable bonds is 4. The third-order valence-electron chi connectivity index (χ3n) is 5.75. The number of carbonyl (C=O) groups is 2. The van der Waals surface area contributed by atoms with Gasteiger partial charge in [-0.2, -0.15) is 13.8 Å². The standard InChI is InChI=1S/C19H18F2N4O4S/c20-15-6-4-13(16(21)23-15)10-3-5-14(30(22,28)29)11(8-10)9-12-2-1-7-19(12)17(26)24-18(27)25-19/h3-6,8,12H,1-2,7,9H2,(H2,22,28,29)(H2,24,25,26,27). The summed E-state index contributed by atoms with van der Waals surface area (Å²) in [6.45, 7) is 0. The fourth-order valence-corrected chi connectivity index (χ4v) is 5.17. The summed E-state index contributed by atoms with van der Waals surface area (Å²) in [6, 6.07) is 5.66. The number of urea groups is 1. The first-order chi connectivity index (χ1) is 14.1. The van der Waals surface area contributed by atoms with Gasteiger partial charge in [-0.15, -0.1) is 0 Å². The molecule has 0 bridgehead atoms. The first-order valence-corrected chi connectivity index (χ1v) is 10.8. The van der Waals surface area contributed by atoms with Crippen LogP contribution in [0.2, 0.25) is 0 Å². The van der Waals surface area contributed by atoms with E-state index in [1.807, 2.05) is 0 Å². The van der Waals surface area contributed by atoms with E-state index < -0.39 is 39.4 Å². The number of pyridine rings is 1. The number of sulfonamides is 1. The first kappa shape index (κ1) is 20.4. The number of carbonyl (C=O) groups excluding carboxylic acids is 2. The molecule has 1 aliphatic carbocycles. The number of hydrogen-bond acceptors (Lipinski definition) is 5. The maximum absolute atomic E-state index is 14.1. The molecule has 1 aromatic carbocycles. The van der Waals surface area contributed by atoms with E-state index in [9.17, 15) is 26.8 Å². The predicted molar refractivity (Wildman–Crippen MR) is 101 cm³/mol. The van der Waals surface area contributed by atoms with Crippen LogP contribution in [0.3, 0.4) is 0 Å². The normalized spacial score (nSPS) is 23.6. The molecule has 1 aliphatic heterocycles. The Balaban J connectivity index is 1.77. The van der Waals surface area contributed by atoms with Crippen molar-refractivity contribution in [2.75, 3.05) is 0 Å². The molecular formula is C19H18F2N4O4S. The Morgan fingerprint density at radius 2 is 1.97 bits per heavy atom. The number of nitrogens with zero attached hydrogens (tertiary/aromatic N) is 1. The molecule has 30 heavy (non-hydrogen) atoms. The van der Waals surface area contributed by atoms with Gasteiger partial charge in [-0.3, -0.25) is 10.1 Å². The van der Waals surface area contributed by atoms with Gasteiger partial charge in [0.25, 0.3) is 5.91 Å². The number of nitrogens with two attached hydrogens (primary N) is 1. The molecular weight excluding hydrogens is 418 g/mol. The molecule has 2 atom stereocenters. The lowest BCUT2D eigenvalue weighted by molar-refractivity contribution is -0.125. The van der Waals surface area contributed by atoms with Gasteiger partial charge in [-0.25, -0.2) is 18.4 Å². The number of aromatic nitrogens is 1. The van der Waals surface area contributed by atoms with Gasteiger partial charge >= 0.3 is 6.03 Å². The number of imide groups is 1. The lowest BCUT2D eigenvalue weighted by Gasteiger charge is -2.28. The molecule has 2 aliphatic rings. The van der Waals surface area contributed by atoms with Crippen LogP contribution in [0.4, 0.5) is 13.6 Å². The van der Waals surface area contributed by atoms with E-state index in [1.165, 1.54) is 24.3 Å². The second kappa shape index (κ2) is 7.10. The van der Waals surface area contributed by atoms with Crippen LogP contribution in [-0.2, 0) is 21.2 Å². The van der Waals surface area contributed by atoms with Crippen molar-refractivity contribution in [3.63, 3.8) is 0 Å². The van der Waals surface area contributed by atoms with Crippen LogP contribution >= 0.6 is 0 Å². The SMILES string of the molecule is NS(=O)(=O)c1ccc(-c2ccc(F)nc2F)cc1CC1CCCC12NC(=O)NC2=O. The molecule has 1 saturated heterocycles. The maximum atomic E-state index is 14.1. The van der Waals surface area contributed by atoms with Gasteiger partial charge in [-0.05, 0) is 60.6 Å². The van der Waals surface area contributed by atoms with E-state index in [2.05, 4.69) is 15.6 Å². The van der Waals surface area contributed by atoms with Crippen molar-refractivity contribution < 1.29 is 26.8 Å². The number of primary sulfonamides is 1. The topological polar surface area (TPSA) is 131 Å². The summed E-state index contributed by atoms with van der Waals surface area (Å²) in [6.07, 6.45) is 1.79. The van der Waals surface area contributed by atoms with E-state index in [1.54, 1.807) is 0 Å². The highest BCUT2D eigenvalue weighted by atomic mass is 32.2. The highest BCUT2D eigenvalue weighted by Gasteiger charge is 2.54. The zero-order valence-electron chi connectivity index (χ0n) is 15.6. The Labute approximate surface area is 170 Å². The zero-order valence-corrected chi connectivity index (χ0v) is 16.4. The largest absolute Gasteiger partial charge is 0.323 e. The molecule has 8 nitrogen and oxygen atoms in total. The second-order valence-electron chi connectivity index (χ2n) is 7.51. The smallest absolute Gasteiger partial charge is 0.322 e. The Kier molecular flexibility index (Phi) is 4.82.